The molecule has 0 nitrogen and oxygen atoms in total. The van der Waals surface area contributed by atoms with Crippen LogP contribution in [0.5, 0.6) is 0 Å². The van der Waals surface area contributed by atoms with Crippen molar-refractivity contribution in [3.8, 4) is 0 Å². The molecule has 0 saturated heterocycles. The van der Waals surface area contributed by atoms with Crippen LogP contribution in [0.2, 0.25) is 0 Å². The molecule has 0 bridgehead atoms. The third-order valence-electron chi connectivity index (χ3n) is 3.71. The van der Waals surface area contributed by atoms with E-state index in [0.717, 1.165) is 5.92 Å². The molecule has 0 spiro atoms. The van der Waals surface area contributed by atoms with Crippen LogP contribution in [0.3, 0.4) is 0 Å². The molecule has 16 heavy (non-hydrogen) atoms. The third kappa shape index (κ3) is 3.50. The lowest BCUT2D eigenvalue weighted by molar-refractivity contribution is 0.333. The molecular weight excluding hydrogens is 192 g/mol. The molecule has 1 aliphatic rings. The molecule has 0 heterocycles. The number of rotatable bonds is 4. The third-order valence-corrected chi connectivity index (χ3v) is 3.71. The van der Waals surface area contributed by atoms with Crippen molar-refractivity contribution in [2.24, 2.45) is 17.3 Å². The first-order valence-electron chi connectivity index (χ1n) is 6.73. The lowest BCUT2D eigenvalue weighted by Crippen LogP contribution is -2.19. The van der Waals surface area contributed by atoms with Crippen LogP contribution in [0.4, 0.5) is 0 Å². The Bertz CT molecular complexity index is 287. The van der Waals surface area contributed by atoms with Gasteiger partial charge in [-0.2, -0.15) is 0 Å². The maximum Gasteiger partial charge on any atom is -0.0139 e. The zero-order valence-electron chi connectivity index (χ0n) is 11.9. The first-order valence-corrected chi connectivity index (χ1v) is 6.73. The largest absolute Gasteiger partial charge is 0.0673 e. The molecule has 0 aromatic rings. The van der Waals surface area contributed by atoms with Gasteiger partial charge in [-0.3, -0.25) is 0 Å². The normalized spacial score (nSPS) is 17.8. The highest BCUT2D eigenvalue weighted by molar-refractivity contribution is 5.28. The summed E-state index contributed by atoms with van der Waals surface area (Å²) in [6, 6.07) is 0. The Labute approximate surface area is 102 Å². The highest BCUT2D eigenvalue weighted by Crippen LogP contribution is 2.39. The monoisotopic (exact) mass is 220 g/mol. The van der Waals surface area contributed by atoms with Gasteiger partial charge in [0.15, 0.2) is 0 Å². The molecule has 0 fully saturated rings. The van der Waals surface area contributed by atoms with Gasteiger partial charge in [0.1, 0.15) is 0 Å². The minimum atomic E-state index is 0.382. The Hall–Kier alpha value is -0.520. The standard InChI is InChI=1S/C16H28/c1-12(2)11-16(5,6)15-9-7-14(8-10-15)13(3)4/h7,9,12-13H,8,10-11H2,1-6H3. The van der Waals surface area contributed by atoms with Gasteiger partial charge >= 0.3 is 0 Å². The second-order valence-corrected chi connectivity index (χ2v) is 6.57. The van der Waals surface area contributed by atoms with Crippen molar-refractivity contribution in [3.63, 3.8) is 0 Å². The van der Waals surface area contributed by atoms with E-state index >= 15 is 0 Å². The van der Waals surface area contributed by atoms with E-state index in [9.17, 15) is 0 Å². The summed E-state index contributed by atoms with van der Waals surface area (Å²) in [5, 5.41) is 0. The Morgan fingerprint density at radius 3 is 2.06 bits per heavy atom. The van der Waals surface area contributed by atoms with Crippen LogP contribution in [0.1, 0.15) is 60.8 Å². The summed E-state index contributed by atoms with van der Waals surface area (Å²) in [5.74, 6) is 1.50. The van der Waals surface area contributed by atoms with Gasteiger partial charge in [-0.1, -0.05) is 64.8 Å². The molecule has 0 atom stereocenters. The van der Waals surface area contributed by atoms with Crippen molar-refractivity contribution in [1.82, 2.24) is 0 Å². The molecule has 92 valence electrons. The minimum Gasteiger partial charge on any atom is -0.0673 e. The topological polar surface area (TPSA) is 0 Å². The quantitative estimate of drug-likeness (QED) is 0.598. The van der Waals surface area contributed by atoms with Crippen molar-refractivity contribution in [2.75, 3.05) is 0 Å². The van der Waals surface area contributed by atoms with E-state index in [2.05, 4.69) is 53.7 Å². The summed E-state index contributed by atoms with van der Waals surface area (Å²) in [7, 11) is 0. The highest BCUT2D eigenvalue weighted by Gasteiger charge is 2.25. The fourth-order valence-corrected chi connectivity index (χ4v) is 2.85. The molecule has 0 aromatic carbocycles. The molecule has 0 heteroatoms. The van der Waals surface area contributed by atoms with Gasteiger partial charge in [0, 0.05) is 0 Å². The van der Waals surface area contributed by atoms with Gasteiger partial charge in [-0.15, -0.1) is 0 Å². The van der Waals surface area contributed by atoms with Crippen LogP contribution in [0.15, 0.2) is 23.3 Å². The van der Waals surface area contributed by atoms with E-state index in [1.54, 1.807) is 11.1 Å². The van der Waals surface area contributed by atoms with E-state index in [1.165, 1.54) is 19.3 Å². The van der Waals surface area contributed by atoms with Gasteiger partial charge in [0.25, 0.3) is 0 Å². The summed E-state index contributed by atoms with van der Waals surface area (Å²) in [5.41, 5.74) is 3.64. The summed E-state index contributed by atoms with van der Waals surface area (Å²) >= 11 is 0. The summed E-state index contributed by atoms with van der Waals surface area (Å²) in [6.45, 7) is 14.0. The minimum absolute atomic E-state index is 0.382. The average Bonchev–Trinajstić information content (AvgIpc) is 2.16. The molecular formula is C16H28. The van der Waals surface area contributed by atoms with Crippen molar-refractivity contribution in [3.05, 3.63) is 23.3 Å². The fourth-order valence-electron chi connectivity index (χ4n) is 2.85. The first-order chi connectivity index (χ1) is 7.33. The smallest absolute Gasteiger partial charge is 0.0139 e. The molecule has 0 N–H and O–H groups in total. The van der Waals surface area contributed by atoms with E-state index in [4.69, 9.17) is 0 Å². The Morgan fingerprint density at radius 2 is 1.69 bits per heavy atom. The van der Waals surface area contributed by atoms with Crippen LogP contribution in [-0.4, -0.2) is 0 Å². The number of allylic oxidation sites excluding steroid dienone is 4. The predicted molar refractivity (Wildman–Crippen MR) is 73.5 cm³/mol. The van der Waals surface area contributed by atoms with Crippen LogP contribution < -0.4 is 0 Å². The summed E-state index contributed by atoms with van der Waals surface area (Å²) in [6.07, 6.45) is 8.59. The molecule has 0 aromatic heterocycles. The highest BCUT2D eigenvalue weighted by atomic mass is 14.3. The number of hydrogen-bond donors (Lipinski definition) is 0. The second-order valence-electron chi connectivity index (χ2n) is 6.57. The van der Waals surface area contributed by atoms with Crippen molar-refractivity contribution >= 4 is 0 Å². The Morgan fingerprint density at radius 1 is 1.06 bits per heavy atom. The maximum atomic E-state index is 2.40. The predicted octanol–water partition coefficient (Wildman–Crippen LogP) is 5.36. The van der Waals surface area contributed by atoms with Crippen molar-refractivity contribution in [2.45, 2.75) is 60.8 Å². The zero-order valence-corrected chi connectivity index (χ0v) is 11.9. The molecule has 1 rings (SSSR count). The van der Waals surface area contributed by atoms with Gasteiger partial charge in [0.2, 0.25) is 0 Å². The van der Waals surface area contributed by atoms with E-state index in [-0.39, 0.29) is 0 Å². The molecule has 0 unspecified atom stereocenters. The fraction of sp³-hybridized carbons (Fsp3) is 0.750. The van der Waals surface area contributed by atoms with Crippen molar-refractivity contribution < 1.29 is 0 Å². The van der Waals surface area contributed by atoms with E-state index in [1.807, 2.05) is 0 Å². The van der Waals surface area contributed by atoms with Crippen LogP contribution in [0, 0.1) is 17.3 Å². The van der Waals surface area contributed by atoms with Crippen LogP contribution >= 0.6 is 0 Å². The molecule has 1 aliphatic carbocycles. The summed E-state index contributed by atoms with van der Waals surface area (Å²) in [4.78, 5) is 0. The van der Waals surface area contributed by atoms with Crippen molar-refractivity contribution in [1.29, 1.82) is 0 Å². The number of hydrogen-bond acceptors (Lipinski definition) is 0. The van der Waals surface area contributed by atoms with Gasteiger partial charge < -0.3 is 0 Å². The second kappa shape index (κ2) is 5.21. The Balaban J connectivity index is 2.76. The van der Waals surface area contributed by atoms with Gasteiger partial charge in [-0.05, 0) is 36.5 Å². The lowest BCUT2D eigenvalue weighted by Gasteiger charge is -2.32. The van der Waals surface area contributed by atoms with E-state index < -0.39 is 0 Å². The van der Waals surface area contributed by atoms with Gasteiger partial charge in [0.05, 0.1) is 0 Å². The average molecular weight is 220 g/mol. The van der Waals surface area contributed by atoms with Crippen LogP contribution in [-0.2, 0) is 0 Å². The summed E-state index contributed by atoms with van der Waals surface area (Å²) < 4.78 is 0. The zero-order chi connectivity index (χ0) is 12.3. The SMILES string of the molecule is CC(C)CC(C)(C)C1=CC=C(C(C)C)CC1. The lowest BCUT2D eigenvalue weighted by atomic mass is 9.73. The molecule has 0 saturated carbocycles. The first kappa shape index (κ1) is 13.5. The molecule has 0 amide bonds. The molecule has 0 aliphatic heterocycles. The van der Waals surface area contributed by atoms with Crippen LogP contribution in [0.25, 0.3) is 0 Å². The van der Waals surface area contributed by atoms with Gasteiger partial charge in [-0.25, -0.2) is 0 Å². The maximum absolute atomic E-state index is 2.40. The molecule has 0 radical (unpaired) electrons. The Kier molecular flexibility index (Phi) is 4.41. The van der Waals surface area contributed by atoms with E-state index in [0.29, 0.717) is 11.3 Å².